The molecule has 1 heterocycles. The van der Waals surface area contributed by atoms with Crippen molar-refractivity contribution in [3.8, 4) is 11.5 Å². The van der Waals surface area contributed by atoms with Crippen molar-refractivity contribution in [3.63, 3.8) is 0 Å². The molecule has 9 heteroatoms. The van der Waals surface area contributed by atoms with E-state index in [2.05, 4.69) is 17.3 Å². The van der Waals surface area contributed by atoms with Gasteiger partial charge in [0.2, 0.25) is 0 Å². The minimum absolute atomic E-state index is 0.0147. The molecule has 3 aromatic rings. The van der Waals surface area contributed by atoms with Crippen LogP contribution in [0.25, 0.3) is 10.9 Å². The van der Waals surface area contributed by atoms with Crippen molar-refractivity contribution in [2.24, 2.45) is 11.7 Å². The van der Waals surface area contributed by atoms with Crippen molar-refractivity contribution < 1.29 is 27.4 Å². The average molecular weight is 586 g/mol. The summed E-state index contributed by atoms with van der Waals surface area (Å²) in [6.45, 7) is 4.94. The predicted molar refractivity (Wildman–Crippen MR) is 160 cm³/mol. The third-order valence-electron chi connectivity index (χ3n) is 6.82. The van der Waals surface area contributed by atoms with Crippen molar-refractivity contribution in [2.75, 3.05) is 6.61 Å². The third kappa shape index (κ3) is 11.4. The van der Waals surface area contributed by atoms with Gasteiger partial charge in [-0.15, -0.1) is 0 Å². The van der Waals surface area contributed by atoms with Crippen LogP contribution in [0.2, 0.25) is 0 Å². The summed E-state index contributed by atoms with van der Waals surface area (Å²) >= 11 is 0. The van der Waals surface area contributed by atoms with E-state index in [-0.39, 0.29) is 17.8 Å². The SMILES string of the molecule is C/C=C\CCCC(=O)Oc1ccc2cnn(CC(C)N)c2c1.FC(F)(F)c1cccc(OCC/C=C/C2CCCC2)c1. The molecule has 0 aliphatic heterocycles. The van der Waals surface area contributed by atoms with Crippen LogP contribution in [0.3, 0.4) is 0 Å². The van der Waals surface area contributed by atoms with Crippen LogP contribution in [-0.4, -0.2) is 28.4 Å². The lowest BCUT2D eigenvalue weighted by atomic mass is 10.1. The molecule has 2 aromatic carbocycles. The number of hydrogen-bond donors (Lipinski definition) is 1. The first-order valence-electron chi connectivity index (χ1n) is 14.7. The fourth-order valence-corrected chi connectivity index (χ4v) is 4.69. The van der Waals surface area contributed by atoms with E-state index in [0.29, 0.717) is 31.2 Å². The maximum absolute atomic E-state index is 12.5. The molecule has 0 bridgehead atoms. The number of carbonyl (C=O) groups is 1. The fourth-order valence-electron chi connectivity index (χ4n) is 4.69. The zero-order chi connectivity index (χ0) is 30.4. The Morgan fingerprint density at radius 3 is 2.62 bits per heavy atom. The lowest BCUT2D eigenvalue weighted by Gasteiger charge is -2.09. The highest BCUT2D eigenvalue weighted by molar-refractivity contribution is 5.81. The normalized spacial score (nSPS) is 14.8. The lowest BCUT2D eigenvalue weighted by molar-refractivity contribution is -0.137. The maximum Gasteiger partial charge on any atom is 0.416 e. The highest BCUT2D eigenvalue weighted by atomic mass is 19.4. The van der Waals surface area contributed by atoms with Crippen LogP contribution >= 0.6 is 0 Å². The summed E-state index contributed by atoms with van der Waals surface area (Å²) in [5, 5.41) is 5.32. The molecule has 0 radical (unpaired) electrons. The van der Waals surface area contributed by atoms with Crippen molar-refractivity contribution in [3.05, 3.63) is 78.5 Å². The summed E-state index contributed by atoms with van der Waals surface area (Å²) in [6.07, 6.45) is 13.7. The fraction of sp³-hybridized carbons (Fsp3) is 0.455. The largest absolute Gasteiger partial charge is 0.493 e. The van der Waals surface area contributed by atoms with Crippen molar-refractivity contribution in [1.29, 1.82) is 0 Å². The Bertz CT molecular complexity index is 1310. The zero-order valence-electron chi connectivity index (χ0n) is 24.5. The standard InChI is InChI=1S/C17H23N3O2.C16H19F3O/c1-3-4-5-6-7-17(21)22-15-9-8-14-11-19-20(12-13(2)18)16(14)10-15;17-16(18,19)14-9-5-10-15(12-14)20-11-4-3-8-13-6-1-2-7-13/h3-4,8-11,13H,5-7,12,18H2,1-2H3;3,5,8-10,12-13H,1-2,4,6-7,11H2/b4-3-;8-3+. The average Bonchev–Trinajstić information content (AvgIpc) is 3.61. The van der Waals surface area contributed by atoms with Crippen molar-refractivity contribution in [1.82, 2.24) is 9.78 Å². The number of esters is 1. The van der Waals surface area contributed by atoms with E-state index in [4.69, 9.17) is 15.2 Å². The number of nitrogens with zero attached hydrogens (tertiary/aromatic N) is 2. The number of aromatic nitrogens is 2. The van der Waals surface area contributed by atoms with Crippen molar-refractivity contribution >= 4 is 16.9 Å². The Morgan fingerprint density at radius 1 is 1.12 bits per heavy atom. The molecule has 6 nitrogen and oxygen atoms in total. The zero-order valence-corrected chi connectivity index (χ0v) is 24.5. The molecule has 1 unspecified atom stereocenters. The summed E-state index contributed by atoms with van der Waals surface area (Å²) < 4.78 is 50.1. The van der Waals surface area contributed by atoms with Gasteiger partial charge in [0, 0.05) is 23.9 Å². The van der Waals surface area contributed by atoms with Crippen LogP contribution in [-0.2, 0) is 17.5 Å². The van der Waals surface area contributed by atoms with E-state index >= 15 is 0 Å². The van der Waals surface area contributed by atoms with Crippen LogP contribution in [0.5, 0.6) is 11.5 Å². The van der Waals surface area contributed by atoms with Crippen LogP contribution in [0.4, 0.5) is 13.2 Å². The van der Waals surface area contributed by atoms with Gasteiger partial charge in [0.1, 0.15) is 11.5 Å². The molecule has 42 heavy (non-hydrogen) atoms. The van der Waals surface area contributed by atoms with Crippen molar-refractivity contribution in [2.45, 2.75) is 84.0 Å². The molecule has 1 aliphatic carbocycles. The van der Waals surface area contributed by atoms with Gasteiger partial charge in [-0.3, -0.25) is 9.48 Å². The first-order chi connectivity index (χ1) is 20.2. The van der Waals surface area contributed by atoms with Crippen LogP contribution in [0, 0.1) is 5.92 Å². The molecular weight excluding hydrogens is 543 g/mol. The Morgan fingerprint density at radius 2 is 1.90 bits per heavy atom. The number of ether oxygens (including phenoxy) is 2. The Kier molecular flexibility index (Phi) is 13.1. The van der Waals surface area contributed by atoms with Gasteiger partial charge in [0.15, 0.2) is 0 Å². The second kappa shape index (κ2) is 16.8. The molecule has 1 aromatic heterocycles. The van der Waals surface area contributed by atoms with Gasteiger partial charge in [-0.1, -0.05) is 43.2 Å². The molecule has 1 atom stereocenters. The minimum atomic E-state index is -4.32. The van der Waals surface area contributed by atoms with Gasteiger partial charge in [-0.05, 0) is 82.2 Å². The summed E-state index contributed by atoms with van der Waals surface area (Å²) in [7, 11) is 0. The molecule has 1 fully saturated rings. The monoisotopic (exact) mass is 585 g/mol. The Hall–Kier alpha value is -3.59. The minimum Gasteiger partial charge on any atom is -0.493 e. The smallest absolute Gasteiger partial charge is 0.416 e. The second-order valence-corrected chi connectivity index (χ2v) is 10.6. The van der Waals surface area contributed by atoms with E-state index in [9.17, 15) is 18.0 Å². The van der Waals surface area contributed by atoms with E-state index in [1.807, 2.05) is 42.8 Å². The first-order valence-corrected chi connectivity index (χ1v) is 14.7. The van der Waals surface area contributed by atoms with Gasteiger partial charge in [0.05, 0.1) is 30.4 Å². The number of alkyl halides is 3. The molecule has 228 valence electrons. The van der Waals surface area contributed by atoms with Crippen LogP contribution < -0.4 is 15.2 Å². The number of unbranched alkanes of at least 4 members (excludes halogenated alkanes) is 1. The third-order valence-corrected chi connectivity index (χ3v) is 6.82. The molecular formula is C33H42F3N3O3. The highest BCUT2D eigenvalue weighted by Gasteiger charge is 2.30. The van der Waals surface area contributed by atoms with Gasteiger partial charge in [-0.2, -0.15) is 18.3 Å². The summed E-state index contributed by atoms with van der Waals surface area (Å²) in [4.78, 5) is 11.8. The first kappa shape index (κ1) is 32.9. The molecule has 0 amide bonds. The van der Waals surface area contributed by atoms with E-state index in [1.54, 1.807) is 18.3 Å². The predicted octanol–water partition coefficient (Wildman–Crippen LogP) is 8.26. The number of benzene rings is 2. The van der Waals surface area contributed by atoms with E-state index in [0.717, 1.165) is 42.3 Å². The topological polar surface area (TPSA) is 79.4 Å². The highest BCUT2D eigenvalue weighted by Crippen LogP contribution is 2.31. The number of rotatable bonds is 12. The number of fused-ring (bicyclic) bond motifs is 1. The number of carbonyl (C=O) groups excluding carboxylic acids is 1. The lowest BCUT2D eigenvalue weighted by Crippen LogP contribution is -2.22. The number of hydrogen-bond acceptors (Lipinski definition) is 5. The van der Waals surface area contributed by atoms with Gasteiger partial charge < -0.3 is 15.2 Å². The number of allylic oxidation sites excluding steroid dienone is 3. The molecule has 4 rings (SSSR count). The van der Waals surface area contributed by atoms with E-state index in [1.165, 1.54) is 31.7 Å². The maximum atomic E-state index is 12.5. The summed E-state index contributed by atoms with van der Waals surface area (Å²) in [6, 6.07) is 10.6. The Balaban J connectivity index is 0.000000231. The van der Waals surface area contributed by atoms with E-state index < -0.39 is 11.7 Å². The number of nitrogens with two attached hydrogens (primary N) is 1. The quantitative estimate of drug-likeness (QED) is 0.100. The molecule has 1 aliphatic rings. The molecule has 0 saturated heterocycles. The second-order valence-electron chi connectivity index (χ2n) is 10.6. The van der Waals surface area contributed by atoms with Gasteiger partial charge in [0.25, 0.3) is 0 Å². The molecule has 1 saturated carbocycles. The van der Waals surface area contributed by atoms with Gasteiger partial charge in [-0.25, -0.2) is 0 Å². The van der Waals surface area contributed by atoms with Crippen LogP contribution in [0.1, 0.15) is 70.8 Å². The molecule has 2 N–H and O–H groups in total. The Labute approximate surface area is 246 Å². The summed E-state index contributed by atoms with van der Waals surface area (Å²) in [5.41, 5.74) is 6.08. The molecule has 0 spiro atoms. The van der Waals surface area contributed by atoms with Gasteiger partial charge >= 0.3 is 12.1 Å². The number of halogens is 3. The summed E-state index contributed by atoms with van der Waals surface area (Å²) in [5.74, 6) is 1.30. The van der Waals surface area contributed by atoms with Crippen LogP contribution in [0.15, 0.2) is 73.0 Å².